The van der Waals surface area contributed by atoms with E-state index in [9.17, 15) is 24.4 Å². The monoisotopic (exact) mass is 361 g/mol. The van der Waals surface area contributed by atoms with Crippen LogP contribution < -0.4 is 5.32 Å². The van der Waals surface area contributed by atoms with Gasteiger partial charge in [-0.1, -0.05) is 12.8 Å². The second-order valence-electron chi connectivity index (χ2n) is 7.37. The highest BCUT2D eigenvalue weighted by atomic mass is 16.5. The molecule has 3 amide bonds. The topological polar surface area (TPSA) is 117 Å². The first-order chi connectivity index (χ1) is 12.5. The molecule has 0 radical (unpaired) electrons. The zero-order valence-electron chi connectivity index (χ0n) is 14.7. The molecule has 0 spiro atoms. The summed E-state index contributed by atoms with van der Waals surface area (Å²) in [5.41, 5.74) is -0.875. The number of nitriles is 1. The van der Waals surface area contributed by atoms with Crippen LogP contribution in [0.2, 0.25) is 0 Å². The predicted octanol–water partition coefficient (Wildman–Crippen LogP) is 0.657. The van der Waals surface area contributed by atoms with E-state index < -0.39 is 30.6 Å². The van der Waals surface area contributed by atoms with Gasteiger partial charge in [0.05, 0.1) is 17.9 Å². The highest BCUT2D eigenvalue weighted by molar-refractivity contribution is 6.07. The molecule has 3 rings (SSSR count). The first-order valence-electron chi connectivity index (χ1n) is 9.19. The molecule has 0 bridgehead atoms. The summed E-state index contributed by atoms with van der Waals surface area (Å²) in [6, 6.07) is 2.12. The van der Waals surface area contributed by atoms with Crippen molar-refractivity contribution < 1.29 is 23.9 Å². The summed E-state index contributed by atoms with van der Waals surface area (Å²) >= 11 is 0. The number of fused-ring (bicyclic) bond motifs is 1. The Labute approximate surface area is 151 Å². The molecule has 0 aromatic rings. The molecule has 26 heavy (non-hydrogen) atoms. The molecule has 1 N–H and O–H groups in total. The third-order valence-electron chi connectivity index (χ3n) is 5.63. The fraction of sp³-hybridized carbons (Fsp3) is 0.722. The van der Waals surface area contributed by atoms with E-state index in [4.69, 9.17) is 4.74 Å². The Morgan fingerprint density at radius 2 is 1.69 bits per heavy atom. The summed E-state index contributed by atoms with van der Waals surface area (Å²) in [7, 11) is 0. The summed E-state index contributed by atoms with van der Waals surface area (Å²) in [5, 5.41) is 11.9. The summed E-state index contributed by atoms with van der Waals surface area (Å²) in [6.07, 6.45) is 6.10. The van der Waals surface area contributed by atoms with Gasteiger partial charge in [0.1, 0.15) is 12.1 Å². The lowest BCUT2D eigenvalue weighted by Gasteiger charge is -2.22. The molecule has 0 aromatic heterocycles. The number of imide groups is 1. The molecule has 2 saturated carbocycles. The van der Waals surface area contributed by atoms with E-state index in [0.29, 0.717) is 25.7 Å². The SMILES string of the molecule is N#CC1(NC(=O)COC(=O)CN2C(=O)[C@H]3CCCC[C@H]3C2=O)CCCC1. The van der Waals surface area contributed by atoms with Gasteiger partial charge in [-0.2, -0.15) is 5.26 Å². The first-order valence-corrected chi connectivity index (χ1v) is 9.19. The van der Waals surface area contributed by atoms with Crippen LogP contribution in [0.5, 0.6) is 0 Å². The molecule has 140 valence electrons. The summed E-state index contributed by atoms with van der Waals surface area (Å²) < 4.78 is 4.91. The number of hydrogen-bond donors (Lipinski definition) is 1. The van der Waals surface area contributed by atoms with Crippen molar-refractivity contribution in [3.05, 3.63) is 0 Å². The number of hydrogen-bond acceptors (Lipinski definition) is 6. The molecular formula is C18H23N3O5. The smallest absolute Gasteiger partial charge is 0.326 e. The van der Waals surface area contributed by atoms with E-state index in [1.807, 2.05) is 0 Å². The molecule has 3 aliphatic rings. The van der Waals surface area contributed by atoms with E-state index in [0.717, 1.165) is 30.6 Å². The highest BCUT2D eigenvalue weighted by Crippen LogP contribution is 2.37. The number of likely N-dealkylation sites (tertiary alicyclic amines) is 1. The number of nitrogens with zero attached hydrogens (tertiary/aromatic N) is 2. The minimum Gasteiger partial charge on any atom is -0.454 e. The second kappa shape index (κ2) is 7.44. The van der Waals surface area contributed by atoms with Crippen molar-refractivity contribution in [2.24, 2.45) is 11.8 Å². The minimum absolute atomic E-state index is 0.310. The highest BCUT2D eigenvalue weighted by Gasteiger charge is 2.48. The number of carbonyl (C=O) groups excluding carboxylic acids is 4. The summed E-state index contributed by atoms with van der Waals surface area (Å²) in [6.45, 7) is -0.979. The van der Waals surface area contributed by atoms with Crippen molar-refractivity contribution in [1.82, 2.24) is 10.2 Å². The lowest BCUT2D eigenvalue weighted by Crippen LogP contribution is -2.47. The fourth-order valence-electron chi connectivity index (χ4n) is 4.25. The molecule has 8 nitrogen and oxygen atoms in total. The Bertz CT molecular complexity index is 638. The van der Waals surface area contributed by atoms with Gasteiger partial charge in [0.15, 0.2) is 6.61 Å². The molecular weight excluding hydrogens is 338 g/mol. The fourth-order valence-corrected chi connectivity index (χ4v) is 4.25. The standard InChI is InChI=1S/C18H23N3O5/c19-11-18(7-3-4-8-18)20-14(22)10-26-15(23)9-21-16(24)12-5-1-2-6-13(12)17(21)25/h12-13H,1-10H2,(H,20,22)/t12-,13+. The molecule has 3 fully saturated rings. The average Bonchev–Trinajstić information content (AvgIpc) is 3.20. The molecule has 2 aliphatic carbocycles. The Hall–Kier alpha value is -2.43. The van der Waals surface area contributed by atoms with Gasteiger partial charge in [-0.3, -0.25) is 24.1 Å². The molecule has 0 unspecified atom stereocenters. The van der Waals surface area contributed by atoms with Gasteiger partial charge < -0.3 is 10.1 Å². The maximum Gasteiger partial charge on any atom is 0.326 e. The molecule has 1 heterocycles. The van der Waals surface area contributed by atoms with E-state index in [1.165, 1.54) is 0 Å². The number of amides is 3. The quantitative estimate of drug-likeness (QED) is 0.568. The van der Waals surface area contributed by atoms with E-state index in [-0.39, 0.29) is 23.7 Å². The number of ether oxygens (including phenoxy) is 1. The van der Waals surface area contributed by atoms with Crippen LogP contribution in [0.1, 0.15) is 51.4 Å². The van der Waals surface area contributed by atoms with Crippen molar-refractivity contribution in [2.45, 2.75) is 56.9 Å². The van der Waals surface area contributed by atoms with Crippen molar-refractivity contribution in [3.8, 4) is 6.07 Å². The minimum atomic E-state index is -0.875. The van der Waals surface area contributed by atoms with Crippen LogP contribution in [0.15, 0.2) is 0 Å². The number of esters is 1. The Kier molecular flexibility index (Phi) is 5.25. The normalized spacial score (nSPS) is 27.0. The second-order valence-corrected chi connectivity index (χ2v) is 7.37. The van der Waals surface area contributed by atoms with Gasteiger partial charge in [0, 0.05) is 0 Å². The maximum atomic E-state index is 12.3. The van der Waals surface area contributed by atoms with Crippen LogP contribution in [0, 0.1) is 23.2 Å². The number of rotatable bonds is 5. The van der Waals surface area contributed by atoms with Gasteiger partial charge >= 0.3 is 5.97 Å². The average molecular weight is 361 g/mol. The Balaban J connectivity index is 1.48. The third-order valence-corrected chi connectivity index (χ3v) is 5.63. The first kappa shape index (κ1) is 18.4. The van der Waals surface area contributed by atoms with Crippen molar-refractivity contribution in [3.63, 3.8) is 0 Å². The molecule has 2 atom stereocenters. The largest absolute Gasteiger partial charge is 0.454 e. The van der Waals surface area contributed by atoms with E-state index in [2.05, 4.69) is 11.4 Å². The number of carbonyl (C=O) groups is 4. The summed E-state index contributed by atoms with van der Waals surface area (Å²) in [4.78, 5) is 49.5. The van der Waals surface area contributed by atoms with Crippen LogP contribution >= 0.6 is 0 Å². The molecule has 8 heteroatoms. The van der Waals surface area contributed by atoms with Gasteiger partial charge in [-0.15, -0.1) is 0 Å². The van der Waals surface area contributed by atoms with Gasteiger partial charge in [-0.25, -0.2) is 0 Å². The van der Waals surface area contributed by atoms with Crippen molar-refractivity contribution in [2.75, 3.05) is 13.2 Å². The van der Waals surface area contributed by atoms with Crippen LogP contribution in [0.25, 0.3) is 0 Å². The van der Waals surface area contributed by atoms with Crippen LogP contribution in [0.4, 0.5) is 0 Å². The van der Waals surface area contributed by atoms with Crippen LogP contribution in [0.3, 0.4) is 0 Å². The zero-order chi connectivity index (χ0) is 18.7. The van der Waals surface area contributed by atoms with E-state index >= 15 is 0 Å². The van der Waals surface area contributed by atoms with Crippen LogP contribution in [-0.4, -0.2) is 47.3 Å². The Morgan fingerprint density at radius 1 is 1.12 bits per heavy atom. The predicted molar refractivity (Wildman–Crippen MR) is 88.1 cm³/mol. The van der Waals surface area contributed by atoms with Crippen LogP contribution in [-0.2, 0) is 23.9 Å². The molecule has 1 aliphatic heterocycles. The Morgan fingerprint density at radius 3 is 2.23 bits per heavy atom. The van der Waals surface area contributed by atoms with Gasteiger partial charge in [-0.05, 0) is 38.5 Å². The van der Waals surface area contributed by atoms with Crippen molar-refractivity contribution in [1.29, 1.82) is 5.26 Å². The van der Waals surface area contributed by atoms with Gasteiger partial charge in [0.25, 0.3) is 5.91 Å². The van der Waals surface area contributed by atoms with Crippen molar-refractivity contribution >= 4 is 23.7 Å². The lowest BCUT2D eigenvalue weighted by atomic mass is 9.81. The van der Waals surface area contributed by atoms with Gasteiger partial charge in [0.2, 0.25) is 11.8 Å². The lowest BCUT2D eigenvalue weighted by molar-refractivity contribution is -0.155. The van der Waals surface area contributed by atoms with E-state index in [1.54, 1.807) is 0 Å². The number of nitrogens with one attached hydrogen (secondary N) is 1. The summed E-state index contributed by atoms with van der Waals surface area (Å²) in [5.74, 6) is -2.59. The third kappa shape index (κ3) is 3.57. The molecule has 1 saturated heterocycles. The maximum absolute atomic E-state index is 12.3. The molecule has 0 aromatic carbocycles. The zero-order valence-corrected chi connectivity index (χ0v) is 14.7.